The first-order valence-corrected chi connectivity index (χ1v) is 4.37. The lowest BCUT2D eigenvalue weighted by molar-refractivity contribution is -0.197. The predicted molar refractivity (Wildman–Crippen MR) is 48.3 cm³/mol. The highest BCUT2D eigenvalue weighted by Crippen LogP contribution is 2.05. The molecular weight excluding hydrogens is 152 g/mol. The molecule has 0 unspecified atom stereocenters. The second kappa shape index (κ2) is 5.99. The van der Waals surface area contributed by atoms with Crippen molar-refractivity contribution in [3.63, 3.8) is 0 Å². The predicted octanol–water partition coefficient (Wildman–Crippen LogP) is 1.95. The van der Waals surface area contributed by atoms with E-state index in [9.17, 15) is 0 Å². The molecule has 0 radical (unpaired) electrons. The van der Waals surface area contributed by atoms with Crippen molar-refractivity contribution in [3.05, 3.63) is 0 Å². The van der Waals surface area contributed by atoms with E-state index >= 15 is 0 Å². The van der Waals surface area contributed by atoms with Gasteiger partial charge in [0.15, 0.2) is 0 Å². The third kappa shape index (κ3) is 4.32. The summed E-state index contributed by atoms with van der Waals surface area (Å²) in [6.45, 7) is 8.80. The first-order chi connectivity index (χ1) is 5.59. The summed E-state index contributed by atoms with van der Waals surface area (Å²) in [5.41, 5.74) is 0. The summed E-state index contributed by atoms with van der Waals surface area (Å²) in [7, 11) is 0. The van der Waals surface area contributed by atoms with Gasteiger partial charge >= 0.3 is 0 Å². The number of rotatable bonds is 5. The van der Waals surface area contributed by atoms with Gasteiger partial charge in [0.2, 0.25) is 0 Å². The molecule has 12 heavy (non-hydrogen) atoms. The highest BCUT2D eigenvalue weighted by molar-refractivity contribution is 4.67. The molecule has 0 atom stereocenters. The minimum atomic E-state index is 0.365. The maximum Gasteiger partial charge on any atom is 0.0815 e. The fourth-order valence-electron chi connectivity index (χ4n) is 1.09. The van der Waals surface area contributed by atoms with Crippen LogP contribution in [0.5, 0.6) is 0 Å². The molecule has 0 bridgehead atoms. The molecule has 0 amide bonds. The fourth-order valence-corrected chi connectivity index (χ4v) is 1.09. The van der Waals surface area contributed by atoms with Crippen LogP contribution in [0, 0.1) is 11.3 Å². The standard InChI is InChI=1S/C9H18N2O/c1-8(2)11(9(3)4)12-7-5-6-10/h8-9H,5,7H2,1-4H3. The highest BCUT2D eigenvalue weighted by atomic mass is 16.7. The minimum absolute atomic E-state index is 0.365. The molecule has 0 fully saturated rings. The van der Waals surface area contributed by atoms with E-state index in [4.69, 9.17) is 10.1 Å². The van der Waals surface area contributed by atoms with Crippen molar-refractivity contribution in [1.29, 1.82) is 5.26 Å². The summed E-state index contributed by atoms with van der Waals surface area (Å²) >= 11 is 0. The maximum absolute atomic E-state index is 8.31. The average molecular weight is 170 g/mol. The quantitative estimate of drug-likeness (QED) is 0.467. The van der Waals surface area contributed by atoms with Crippen molar-refractivity contribution in [2.24, 2.45) is 0 Å². The van der Waals surface area contributed by atoms with Crippen molar-refractivity contribution in [2.75, 3.05) is 6.61 Å². The Kier molecular flexibility index (Phi) is 5.69. The summed E-state index contributed by atoms with van der Waals surface area (Å²) in [5.74, 6) is 0. The van der Waals surface area contributed by atoms with Gasteiger partial charge in [-0.3, -0.25) is 4.84 Å². The van der Waals surface area contributed by atoms with Crippen LogP contribution in [0.3, 0.4) is 0 Å². The Bertz CT molecular complexity index is 141. The zero-order valence-corrected chi connectivity index (χ0v) is 8.37. The summed E-state index contributed by atoms with van der Waals surface area (Å²) in [6, 6.07) is 2.78. The van der Waals surface area contributed by atoms with Crippen LogP contribution in [-0.4, -0.2) is 23.8 Å². The van der Waals surface area contributed by atoms with E-state index in [-0.39, 0.29) is 0 Å². The molecule has 0 aromatic rings. The monoisotopic (exact) mass is 170 g/mol. The second-order valence-electron chi connectivity index (χ2n) is 3.29. The molecule has 0 aliphatic rings. The van der Waals surface area contributed by atoms with Gasteiger partial charge in [0, 0.05) is 12.1 Å². The van der Waals surface area contributed by atoms with Crippen molar-refractivity contribution in [1.82, 2.24) is 5.06 Å². The van der Waals surface area contributed by atoms with Gasteiger partial charge in [-0.1, -0.05) is 0 Å². The number of hydrogen-bond acceptors (Lipinski definition) is 3. The van der Waals surface area contributed by atoms with E-state index in [0.29, 0.717) is 25.1 Å². The first-order valence-electron chi connectivity index (χ1n) is 4.37. The zero-order valence-electron chi connectivity index (χ0n) is 8.37. The molecule has 0 rings (SSSR count). The van der Waals surface area contributed by atoms with Gasteiger partial charge in [0.05, 0.1) is 19.1 Å². The van der Waals surface area contributed by atoms with Crippen LogP contribution in [0.2, 0.25) is 0 Å². The number of nitrogens with zero attached hydrogens (tertiary/aromatic N) is 2. The van der Waals surface area contributed by atoms with Gasteiger partial charge in [-0.15, -0.1) is 0 Å². The normalized spacial score (nSPS) is 11.2. The van der Waals surface area contributed by atoms with Gasteiger partial charge < -0.3 is 0 Å². The summed E-state index contributed by atoms with van der Waals surface area (Å²) in [4.78, 5) is 5.42. The van der Waals surface area contributed by atoms with E-state index in [1.807, 2.05) is 11.1 Å². The van der Waals surface area contributed by atoms with E-state index in [0.717, 1.165) is 0 Å². The summed E-state index contributed by atoms with van der Waals surface area (Å²) in [6.07, 6.45) is 0.454. The third-order valence-corrected chi connectivity index (χ3v) is 1.47. The number of hydroxylamine groups is 2. The summed E-state index contributed by atoms with van der Waals surface area (Å²) in [5, 5.41) is 10.2. The van der Waals surface area contributed by atoms with Crippen LogP contribution in [0.25, 0.3) is 0 Å². The van der Waals surface area contributed by atoms with Crippen LogP contribution >= 0.6 is 0 Å². The molecule has 0 aliphatic carbocycles. The fraction of sp³-hybridized carbons (Fsp3) is 0.889. The zero-order chi connectivity index (χ0) is 9.56. The second-order valence-corrected chi connectivity index (χ2v) is 3.29. The van der Waals surface area contributed by atoms with Crippen molar-refractivity contribution in [3.8, 4) is 6.07 Å². The van der Waals surface area contributed by atoms with Crippen LogP contribution in [0.1, 0.15) is 34.1 Å². The topological polar surface area (TPSA) is 36.3 Å². The molecule has 0 heterocycles. The summed E-state index contributed by atoms with van der Waals surface area (Å²) < 4.78 is 0. The molecule has 0 saturated heterocycles. The van der Waals surface area contributed by atoms with E-state index in [1.165, 1.54) is 0 Å². The molecule has 3 nitrogen and oxygen atoms in total. The maximum atomic E-state index is 8.31. The SMILES string of the molecule is CC(C)N(OCCC#N)C(C)C. The van der Waals surface area contributed by atoms with E-state index < -0.39 is 0 Å². The van der Waals surface area contributed by atoms with Gasteiger partial charge in [-0.25, -0.2) is 0 Å². The highest BCUT2D eigenvalue weighted by Gasteiger charge is 2.13. The molecule has 0 saturated carbocycles. The Labute approximate surface area is 74.9 Å². The Balaban J connectivity index is 3.74. The van der Waals surface area contributed by atoms with E-state index in [1.54, 1.807) is 0 Å². The average Bonchev–Trinajstić information content (AvgIpc) is 1.96. The molecule has 0 aliphatic heterocycles. The van der Waals surface area contributed by atoms with Gasteiger partial charge in [-0.05, 0) is 27.7 Å². The Morgan fingerprint density at radius 1 is 1.25 bits per heavy atom. The molecule has 0 N–H and O–H groups in total. The third-order valence-electron chi connectivity index (χ3n) is 1.47. The van der Waals surface area contributed by atoms with Crippen molar-refractivity contribution < 1.29 is 4.84 Å². The lowest BCUT2D eigenvalue weighted by Crippen LogP contribution is -2.37. The van der Waals surface area contributed by atoms with Crippen LogP contribution in [0.15, 0.2) is 0 Å². The molecule has 0 spiro atoms. The lowest BCUT2D eigenvalue weighted by atomic mass is 10.3. The lowest BCUT2D eigenvalue weighted by Gasteiger charge is -2.28. The van der Waals surface area contributed by atoms with Gasteiger partial charge in [-0.2, -0.15) is 10.3 Å². The van der Waals surface area contributed by atoms with Crippen LogP contribution in [-0.2, 0) is 4.84 Å². The van der Waals surface area contributed by atoms with E-state index in [2.05, 4.69) is 27.7 Å². The van der Waals surface area contributed by atoms with Crippen molar-refractivity contribution >= 4 is 0 Å². The molecule has 70 valence electrons. The first kappa shape index (κ1) is 11.4. The van der Waals surface area contributed by atoms with Crippen LogP contribution in [0.4, 0.5) is 0 Å². The molecule has 0 aromatic carbocycles. The Hall–Kier alpha value is -0.590. The Morgan fingerprint density at radius 2 is 1.75 bits per heavy atom. The van der Waals surface area contributed by atoms with Crippen LogP contribution < -0.4 is 0 Å². The molecule has 0 aromatic heterocycles. The largest absolute Gasteiger partial charge is 0.297 e. The molecule has 3 heteroatoms. The van der Waals surface area contributed by atoms with Crippen molar-refractivity contribution in [2.45, 2.75) is 46.2 Å². The Morgan fingerprint density at radius 3 is 2.08 bits per heavy atom. The number of hydrogen-bond donors (Lipinski definition) is 0. The smallest absolute Gasteiger partial charge is 0.0815 e. The molecular formula is C9H18N2O. The van der Waals surface area contributed by atoms with Gasteiger partial charge in [0.1, 0.15) is 0 Å². The number of nitriles is 1. The van der Waals surface area contributed by atoms with Gasteiger partial charge in [0.25, 0.3) is 0 Å². The minimum Gasteiger partial charge on any atom is -0.297 e.